The van der Waals surface area contributed by atoms with E-state index in [4.69, 9.17) is 16.6 Å². The Morgan fingerprint density at radius 2 is 2.18 bits per heavy atom. The lowest BCUT2D eigenvalue weighted by Gasteiger charge is -2.11. The molecule has 2 heterocycles. The largest absolute Gasteiger partial charge is 0.761 e. The number of benzene rings is 1. The predicted molar refractivity (Wildman–Crippen MR) is 92.2 cm³/mol. The highest BCUT2D eigenvalue weighted by Crippen LogP contribution is 2.30. The van der Waals surface area contributed by atoms with Gasteiger partial charge in [0.05, 0.1) is 4.91 Å². The zero-order valence-corrected chi connectivity index (χ0v) is 13.1. The van der Waals surface area contributed by atoms with Gasteiger partial charge in [-0.3, -0.25) is 4.79 Å². The molecule has 0 bridgehead atoms. The van der Waals surface area contributed by atoms with Crippen molar-refractivity contribution in [3.8, 4) is 11.3 Å². The first-order valence-corrected chi connectivity index (χ1v) is 7.63. The molecule has 0 atom stereocenters. The molecule has 7 heteroatoms. The van der Waals surface area contributed by atoms with Crippen LogP contribution in [0.5, 0.6) is 0 Å². The molecule has 2 aromatic rings. The van der Waals surface area contributed by atoms with Gasteiger partial charge in [0.1, 0.15) is 15.8 Å². The molecule has 0 unspecified atom stereocenters. The van der Waals surface area contributed by atoms with Crippen molar-refractivity contribution in [1.29, 1.82) is 0 Å². The van der Waals surface area contributed by atoms with Gasteiger partial charge in [-0.15, -0.1) is 0 Å². The van der Waals surface area contributed by atoms with Crippen molar-refractivity contribution in [3.05, 3.63) is 51.8 Å². The maximum absolute atomic E-state index is 11.6. The second-order valence-corrected chi connectivity index (χ2v) is 6.40. The molecular formula is C15H11N2O3S2-. The molecule has 1 aliphatic rings. The fraction of sp³-hybridized carbons (Fsp3) is 0.0667. The van der Waals surface area contributed by atoms with Crippen LogP contribution in [-0.4, -0.2) is 10.2 Å². The first kappa shape index (κ1) is 14.8. The molecule has 1 aromatic heterocycles. The summed E-state index contributed by atoms with van der Waals surface area (Å²) in [5.41, 5.74) is 4.17. The highest BCUT2D eigenvalue weighted by Gasteiger charge is 2.22. The SMILES string of the molecule is Cc1cc(N[O-])ccc1-c1ccc(/C=C2\SC(=S)NC2=O)o1. The highest BCUT2D eigenvalue weighted by molar-refractivity contribution is 8.26. The van der Waals surface area contributed by atoms with E-state index in [0.717, 1.165) is 11.1 Å². The number of carbonyl (C=O) groups is 1. The number of amides is 1. The van der Waals surface area contributed by atoms with E-state index >= 15 is 0 Å². The zero-order valence-electron chi connectivity index (χ0n) is 11.5. The van der Waals surface area contributed by atoms with Crippen molar-refractivity contribution in [2.24, 2.45) is 0 Å². The third-order valence-electron chi connectivity index (χ3n) is 3.15. The lowest BCUT2D eigenvalue weighted by atomic mass is 10.1. The summed E-state index contributed by atoms with van der Waals surface area (Å²) in [4.78, 5) is 12.1. The number of aryl methyl sites for hydroxylation is 1. The van der Waals surface area contributed by atoms with E-state index < -0.39 is 0 Å². The monoisotopic (exact) mass is 331 g/mol. The standard InChI is InChI=1S/C15H11N2O3S2/c1-8-6-9(17-19)2-4-11(8)12-5-3-10(20-12)7-13-14(18)16-15(21)22-13/h2-7,17H,1H3,(H,16,18,21)/q-1/b13-7-. The highest BCUT2D eigenvalue weighted by atomic mass is 32.2. The fourth-order valence-corrected chi connectivity index (χ4v) is 3.15. The molecular weight excluding hydrogens is 320 g/mol. The molecule has 5 nitrogen and oxygen atoms in total. The van der Waals surface area contributed by atoms with Gasteiger partial charge < -0.3 is 20.4 Å². The van der Waals surface area contributed by atoms with Crippen molar-refractivity contribution in [3.63, 3.8) is 0 Å². The summed E-state index contributed by atoms with van der Waals surface area (Å²) >= 11 is 6.15. The number of furan rings is 1. The van der Waals surface area contributed by atoms with Crippen LogP contribution in [0.3, 0.4) is 0 Å². The van der Waals surface area contributed by atoms with Crippen LogP contribution in [0.1, 0.15) is 11.3 Å². The summed E-state index contributed by atoms with van der Waals surface area (Å²) in [7, 11) is 0. The minimum atomic E-state index is -0.213. The lowest BCUT2D eigenvalue weighted by molar-refractivity contribution is -0.115. The van der Waals surface area contributed by atoms with E-state index in [1.54, 1.807) is 24.3 Å². The molecule has 0 spiro atoms. The van der Waals surface area contributed by atoms with Crippen molar-refractivity contribution in [1.82, 2.24) is 5.32 Å². The van der Waals surface area contributed by atoms with Crippen LogP contribution in [0.4, 0.5) is 5.69 Å². The molecule has 112 valence electrons. The minimum Gasteiger partial charge on any atom is -0.761 e. The molecule has 3 rings (SSSR count). The fourth-order valence-electron chi connectivity index (χ4n) is 2.13. The van der Waals surface area contributed by atoms with Crippen LogP contribution in [-0.2, 0) is 4.79 Å². The van der Waals surface area contributed by atoms with Gasteiger partial charge in [-0.1, -0.05) is 24.0 Å². The van der Waals surface area contributed by atoms with E-state index in [1.165, 1.54) is 11.8 Å². The van der Waals surface area contributed by atoms with E-state index in [-0.39, 0.29) is 5.91 Å². The summed E-state index contributed by atoms with van der Waals surface area (Å²) in [5, 5.41) is 13.2. The third-order valence-corrected chi connectivity index (χ3v) is 4.31. The molecule has 0 aliphatic carbocycles. The maximum Gasteiger partial charge on any atom is 0.263 e. The molecule has 22 heavy (non-hydrogen) atoms. The van der Waals surface area contributed by atoms with Gasteiger partial charge >= 0.3 is 0 Å². The van der Waals surface area contributed by atoms with Gasteiger partial charge in [0, 0.05) is 17.3 Å². The summed E-state index contributed by atoms with van der Waals surface area (Å²) in [6.45, 7) is 1.90. The van der Waals surface area contributed by atoms with Gasteiger partial charge in [-0.05, 0) is 42.8 Å². The molecule has 1 saturated heterocycles. The summed E-state index contributed by atoms with van der Waals surface area (Å²) in [6, 6.07) is 8.87. The number of nitrogens with one attached hydrogen (secondary N) is 2. The van der Waals surface area contributed by atoms with Crippen LogP contribution in [0.25, 0.3) is 17.4 Å². The van der Waals surface area contributed by atoms with Gasteiger partial charge in [0.25, 0.3) is 5.91 Å². The van der Waals surface area contributed by atoms with Crippen molar-refractivity contribution < 1.29 is 9.21 Å². The maximum atomic E-state index is 11.6. The molecule has 1 aromatic carbocycles. The number of hydrogen-bond donors (Lipinski definition) is 2. The molecule has 1 fully saturated rings. The molecule has 1 amide bonds. The first-order chi connectivity index (χ1) is 10.6. The Hall–Kier alpha value is -2.09. The Morgan fingerprint density at radius 1 is 1.36 bits per heavy atom. The normalized spacial score (nSPS) is 16.2. The predicted octanol–water partition coefficient (Wildman–Crippen LogP) is 3.65. The van der Waals surface area contributed by atoms with Crippen LogP contribution in [0, 0.1) is 12.1 Å². The van der Waals surface area contributed by atoms with Crippen LogP contribution in [0.2, 0.25) is 0 Å². The second-order valence-electron chi connectivity index (χ2n) is 4.69. The van der Waals surface area contributed by atoms with E-state index in [9.17, 15) is 10.0 Å². The molecule has 0 radical (unpaired) electrons. The molecule has 0 saturated carbocycles. The van der Waals surface area contributed by atoms with Gasteiger partial charge in [-0.25, -0.2) is 0 Å². The van der Waals surface area contributed by atoms with E-state index in [0.29, 0.717) is 26.4 Å². The number of thiocarbonyl (C=S) groups is 1. The molecule has 1 aliphatic heterocycles. The van der Waals surface area contributed by atoms with E-state index in [2.05, 4.69) is 5.32 Å². The Bertz CT molecular complexity index is 796. The number of anilines is 1. The Kier molecular flexibility index (Phi) is 4.02. The average molecular weight is 331 g/mol. The van der Waals surface area contributed by atoms with Gasteiger partial charge in [0.15, 0.2) is 0 Å². The number of thioether (sulfide) groups is 1. The van der Waals surface area contributed by atoms with Gasteiger partial charge in [-0.2, -0.15) is 0 Å². The summed E-state index contributed by atoms with van der Waals surface area (Å²) < 4.78 is 6.20. The summed E-state index contributed by atoms with van der Waals surface area (Å²) in [5.74, 6) is 1.03. The lowest BCUT2D eigenvalue weighted by Crippen LogP contribution is -2.17. The minimum absolute atomic E-state index is 0.213. The Labute approximate surface area is 136 Å². The van der Waals surface area contributed by atoms with E-state index in [1.807, 2.05) is 24.5 Å². The Morgan fingerprint density at radius 3 is 2.82 bits per heavy atom. The first-order valence-electron chi connectivity index (χ1n) is 6.40. The van der Waals surface area contributed by atoms with Crippen LogP contribution < -0.4 is 10.8 Å². The van der Waals surface area contributed by atoms with Crippen LogP contribution >= 0.6 is 24.0 Å². The Balaban J connectivity index is 1.90. The number of rotatable bonds is 3. The average Bonchev–Trinajstić information content (AvgIpc) is 3.06. The van der Waals surface area contributed by atoms with Crippen molar-refractivity contribution >= 4 is 46.0 Å². The van der Waals surface area contributed by atoms with Crippen molar-refractivity contribution in [2.45, 2.75) is 6.92 Å². The van der Waals surface area contributed by atoms with Gasteiger partial charge in [0.2, 0.25) is 0 Å². The number of hydrogen-bond acceptors (Lipinski definition) is 6. The second kappa shape index (κ2) is 5.96. The van der Waals surface area contributed by atoms with Crippen molar-refractivity contribution in [2.75, 3.05) is 5.48 Å². The number of carbonyl (C=O) groups excluding carboxylic acids is 1. The third kappa shape index (κ3) is 2.92. The quantitative estimate of drug-likeness (QED) is 0.508. The van der Waals surface area contributed by atoms with Crippen LogP contribution in [0.15, 0.2) is 39.7 Å². The molecule has 2 N–H and O–H groups in total. The topological polar surface area (TPSA) is 77.3 Å². The smallest absolute Gasteiger partial charge is 0.263 e. The summed E-state index contributed by atoms with van der Waals surface area (Å²) in [6.07, 6.45) is 1.66. The zero-order chi connectivity index (χ0) is 15.7.